The Kier molecular flexibility index (Phi) is 5.80. The number of likely N-dealkylation sites (N-methyl/N-ethyl adjacent to an activating group) is 1. The molecule has 1 aliphatic rings. The van der Waals surface area contributed by atoms with Gasteiger partial charge in [0.15, 0.2) is 5.43 Å². The zero-order chi connectivity index (χ0) is 15.5. The van der Waals surface area contributed by atoms with Gasteiger partial charge >= 0.3 is 0 Å². The van der Waals surface area contributed by atoms with Crippen LogP contribution in [0.2, 0.25) is 0 Å². The van der Waals surface area contributed by atoms with Crippen LogP contribution >= 0.6 is 12.4 Å². The van der Waals surface area contributed by atoms with Crippen LogP contribution in [0.4, 0.5) is 0 Å². The smallest absolute Gasteiger partial charge is 0.242 e. The van der Waals surface area contributed by atoms with Crippen molar-refractivity contribution in [1.29, 1.82) is 0 Å². The first-order valence-electron chi connectivity index (χ1n) is 7.72. The number of piperidine rings is 1. The molecule has 0 saturated carbocycles. The van der Waals surface area contributed by atoms with Crippen molar-refractivity contribution < 1.29 is 4.79 Å². The first kappa shape index (κ1) is 17.5. The number of aromatic nitrogens is 1. The molecule has 2 heterocycles. The maximum atomic E-state index is 12.6. The first-order valence-corrected chi connectivity index (χ1v) is 7.72. The van der Waals surface area contributed by atoms with E-state index in [1.165, 1.54) is 6.07 Å². The van der Waals surface area contributed by atoms with E-state index in [0.717, 1.165) is 31.4 Å². The van der Waals surface area contributed by atoms with E-state index in [1.54, 1.807) is 12.3 Å². The Labute approximate surface area is 141 Å². The number of benzene rings is 1. The third-order valence-electron chi connectivity index (χ3n) is 4.37. The molecule has 6 heteroatoms. The Balaban J connectivity index is 0.00000192. The van der Waals surface area contributed by atoms with E-state index in [2.05, 4.69) is 5.32 Å². The van der Waals surface area contributed by atoms with Crippen LogP contribution in [-0.2, 0) is 11.3 Å². The summed E-state index contributed by atoms with van der Waals surface area (Å²) in [6.45, 7) is 1.85. The summed E-state index contributed by atoms with van der Waals surface area (Å²) in [5, 5.41) is 3.90. The lowest BCUT2D eigenvalue weighted by Crippen LogP contribution is -2.47. The molecule has 124 valence electrons. The van der Waals surface area contributed by atoms with Gasteiger partial charge in [-0.25, -0.2) is 0 Å². The van der Waals surface area contributed by atoms with Crippen LogP contribution in [0.25, 0.3) is 10.9 Å². The van der Waals surface area contributed by atoms with Gasteiger partial charge in [0, 0.05) is 36.8 Å². The number of para-hydroxylation sites is 1. The number of nitrogens with one attached hydrogen (secondary N) is 1. The topological polar surface area (TPSA) is 54.3 Å². The number of pyridine rings is 1. The third-order valence-corrected chi connectivity index (χ3v) is 4.37. The van der Waals surface area contributed by atoms with Crippen LogP contribution < -0.4 is 10.7 Å². The molecule has 0 spiro atoms. The van der Waals surface area contributed by atoms with E-state index in [1.807, 2.05) is 34.7 Å². The lowest BCUT2D eigenvalue weighted by molar-refractivity contribution is -0.133. The highest BCUT2D eigenvalue weighted by molar-refractivity contribution is 5.85. The highest BCUT2D eigenvalue weighted by atomic mass is 35.5. The largest absolute Gasteiger partial charge is 0.340 e. The van der Waals surface area contributed by atoms with E-state index in [-0.39, 0.29) is 30.3 Å². The molecule has 1 N–H and O–H groups in total. The van der Waals surface area contributed by atoms with Gasteiger partial charge in [0.25, 0.3) is 0 Å². The quantitative estimate of drug-likeness (QED) is 0.927. The van der Waals surface area contributed by atoms with Crippen molar-refractivity contribution in [2.24, 2.45) is 0 Å². The SMILES string of the molecule is CNC1CCCN(C(=O)Cn2ccc(=O)c3ccccc32)C1.Cl. The predicted molar refractivity (Wildman–Crippen MR) is 94.1 cm³/mol. The zero-order valence-electron chi connectivity index (χ0n) is 13.2. The zero-order valence-corrected chi connectivity index (χ0v) is 14.0. The number of carbonyl (C=O) groups excluding carboxylic acids is 1. The molecule has 1 aromatic heterocycles. The fourth-order valence-electron chi connectivity index (χ4n) is 3.08. The number of likely N-dealkylation sites (tertiary alicyclic amines) is 1. The Morgan fingerprint density at radius 3 is 2.87 bits per heavy atom. The monoisotopic (exact) mass is 335 g/mol. The third kappa shape index (κ3) is 3.74. The summed E-state index contributed by atoms with van der Waals surface area (Å²) in [5.41, 5.74) is 0.804. The molecule has 1 aliphatic heterocycles. The van der Waals surface area contributed by atoms with Crippen LogP contribution in [0.3, 0.4) is 0 Å². The molecular weight excluding hydrogens is 314 g/mol. The average Bonchev–Trinajstić information content (AvgIpc) is 2.57. The van der Waals surface area contributed by atoms with E-state index in [0.29, 0.717) is 11.4 Å². The average molecular weight is 336 g/mol. The minimum Gasteiger partial charge on any atom is -0.340 e. The van der Waals surface area contributed by atoms with E-state index in [4.69, 9.17) is 0 Å². The summed E-state index contributed by atoms with van der Waals surface area (Å²) in [7, 11) is 1.94. The Morgan fingerprint density at radius 1 is 1.30 bits per heavy atom. The molecule has 23 heavy (non-hydrogen) atoms. The molecule has 5 nitrogen and oxygen atoms in total. The van der Waals surface area contributed by atoms with Crippen LogP contribution in [0.5, 0.6) is 0 Å². The lowest BCUT2D eigenvalue weighted by atomic mass is 10.1. The van der Waals surface area contributed by atoms with Crippen molar-refractivity contribution in [2.45, 2.75) is 25.4 Å². The molecule has 0 aliphatic carbocycles. The maximum absolute atomic E-state index is 12.6. The van der Waals surface area contributed by atoms with E-state index in [9.17, 15) is 9.59 Å². The molecule has 1 unspecified atom stereocenters. The van der Waals surface area contributed by atoms with Crippen molar-refractivity contribution >= 4 is 29.2 Å². The second kappa shape index (κ2) is 7.62. The fourth-order valence-corrected chi connectivity index (χ4v) is 3.08. The van der Waals surface area contributed by atoms with Gasteiger partial charge in [0.05, 0.1) is 5.52 Å². The van der Waals surface area contributed by atoms with Gasteiger partial charge < -0.3 is 14.8 Å². The molecule has 0 bridgehead atoms. The van der Waals surface area contributed by atoms with Crippen molar-refractivity contribution in [3.05, 3.63) is 46.8 Å². The summed E-state index contributed by atoms with van der Waals surface area (Å²) < 4.78 is 1.86. The van der Waals surface area contributed by atoms with Crippen molar-refractivity contribution in [3.63, 3.8) is 0 Å². The summed E-state index contributed by atoms with van der Waals surface area (Å²) >= 11 is 0. The fraction of sp³-hybridized carbons (Fsp3) is 0.412. The van der Waals surface area contributed by atoms with Crippen LogP contribution in [0, 0.1) is 0 Å². The molecule has 1 fully saturated rings. The molecule has 1 aromatic carbocycles. The van der Waals surface area contributed by atoms with Crippen molar-refractivity contribution in [1.82, 2.24) is 14.8 Å². The molecule has 1 saturated heterocycles. The summed E-state index contributed by atoms with van der Waals surface area (Å²) in [5.74, 6) is 0.105. The normalized spacial score (nSPS) is 17.8. The van der Waals surface area contributed by atoms with Gasteiger partial charge in [0.1, 0.15) is 6.54 Å². The van der Waals surface area contributed by atoms with Gasteiger partial charge in [-0.15, -0.1) is 12.4 Å². The Morgan fingerprint density at radius 2 is 2.09 bits per heavy atom. The predicted octanol–water partition coefficient (Wildman–Crippen LogP) is 1.63. The lowest BCUT2D eigenvalue weighted by Gasteiger charge is -2.32. The molecule has 2 aromatic rings. The van der Waals surface area contributed by atoms with Crippen LogP contribution in [0.1, 0.15) is 12.8 Å². The minimum absolute atomic E-state index is 0. The van der Waals surface area contributed by atoms with Crippen LogP contribution in [0.15, 0.2) is 41.3 Å². The number of fused-ring (bicyclic) bond motifs is 1. The van der Waals surface area contributed by atoms with Gasteiger partial charge in [-0.2, -0.15) is 0 Å². The molecule has 1 amide bonds. The van der Waals surface area contributed by atoms with Gasteiger partial charge in [-0.05, 0) is 32.0 Å². The summed E-state index contributed by atoms with van der Waals surface area (Å²) in [4.78, 5) is 26.4. The van der Waals surface area contributed by atoms with Crippen LogP contribution in [-0.4, -0.2) is 41.6 Å². The van der Waals surface area contributed by atoms with Gasteiger partial charge in [0.2, 0.25) is 5.91 Å². The minimum atomic E-state index is -0.00693. The summed E-state index contributed by atoms with van der Waals surface area (Å²) in [6.07, 6.45) is 3.85. The second-order valence-electron chi connectivity index (χ2n) is 5.79. The first-order chi connectivity index (χ1) is 10.7. The maximum Gasteiger partial charge on any atom is 0.242 e. The number of hydrogen-bond acceptors (Lipinski definition) is 3. The highest BCUT2D eigenvalue weighted by Crippen LogP contribution is 2.13. The Bertz CT molecular complexity index is 744. The van der Waals surface area contributed by atoms with E-state index >= 15 is 0 Å². The molecular formula is C17H22ClN3O2. The molecule has 0 radical (unpaired) electrons. The van der Waals surface area contributed by atoms with Crippen molar-refractivity contribution in [2.75, 3.05) is 20.1 Å². The second-order valence-corrected chi connectivity index (χ2v) is 5.79. The van der Waals surface area contributed by atoms with Gasteiger partial charge in [-0.3, -0.25) is 9.59 Å². The number of nitrogens with zero attached hydrogens (tertiary/aromatic N) is 2. The van der Waals surface area contributed by atoms with Crippen molar-refractivity contribution in [3.8, 4) is 0 Å². The number of halogens is 1. The standard InChI is InChI=1S/C17H21N3O2.ClH/c1-18-13-5-4-9-20(11-13)17(22)12-19-10-8-16(21)14-6-2-3-7-15(14)19;/h2-3,6-8,10,13,18H,4-5,9,11-12H2,1H3;1H. The highest BCUT2D eigenvalue weighted by Gasteiger charge is 2.22. The number of amides is 1. The molecule has 1 atom stereocenters. The van der Waals surface area contributed by atoms with Gasteiger partial charge in [-0.1, -0.05) is 12.1 Å². The number of carbonyl (C=O) groups is 1. The number of hydrogen-bond donors (Lipinski definition) is 1. The van der Waals surface area contributed by atoms with E-state index < -0.39 is 0 Å². The number of rotatable bonds is 3. The Hall–Kier alpha value is -1.85. The summed E-state index contributed by atoms with van der Waals surface area (Å²) in [6, 6.07) is 9.33. The molecule has 3 rings (SSSR count).